The van der Waals surface area contributed by atoms with E-state index in [0.29, 0.717) is 35.6 Å². The third-order valence-corrected chi connectivity index (χ3v) is 10.6. The Labute approximate surface area is 195 Å². The van der Waals surface area contributed by atoms with Crippen LogP contribution in [0.15, 0.2) is 0 Å². The van der Waals surface area contributed by atoms with Gasteiger partial charge in [-0.1, -0.05) is 46.0 Å². The fourth-order valence-corrected chi connectivity index (χ4v) is 8.91. The number of unbranched alkanes of at least 4 members (excludes halogenated alkanes) is 4. The second-order valence-corrected chi connectivity index (χ2v) is 12.2. The first kappa shape index (κ1) is 24.2. The first-order chi connectivity index (χ1) is 15.3. The first-order valence-electron chi connectivity index (χ1n) is 13.6. The van der Waals surface area contributed by atoms with Crippen LogP contribution < -0.4 is 0 Å². The van der Waals surface area contributed by atoms with E-state index in [9.17, 15) is 9.59 Å². The minimum Gasteiger partial charge on any atom is -0.462 e. The van der Waals surface area contributed by atoms with E-state index in [1.807, 2.05) is 0 Å². The van der Waals surface area contributed by atoms with E-state index >= 15 is 0 Å². The lowest BCUT2D eigenvalue weighted by molar-refractivity contribution is -0.169. The average molecular weight is 447 g/mol. The number of Topliss-reactive ketones (excluding diaryl/α,β-unsaturated/α-hetero) is 1. The van der Waals surface area contributed by atoms with E-state index in [-0.39, 0.29) is 17.5 Å². The van der Waals surface area contributed by atoms with Gasteiger partial charge >= 0.3 is 5.97 Å². The highest BCUT2D eigenvalue weighted by molar-refractivity contribution is 5.79. The van der Waals surface area contributed by atoms with Crippen molar-refractivity contribution in [2.45, 2.75) is 117 Å². The number of esters is 1. The molecular formula is C28H46O4. The molecule has 4 heteroatoms. The van der Waals surface area contributed by atoms with Gasteiger partial charge in [0.15, 0.2) is 0 Å². The number of carbonyl (C=O) groups excluding carboxylic acids is 2. The molecule has 0 aliphatic heterocycles. The third-order valence-electron chi connectivity index (χ3n) is 10.6. The van der Waals surface area contributed by atoms with Crippen LogP contribution in [0, 0.1) is 40.4 Å². The molecule has 0 aromatic carbocycles. The lowest BCUT2D eigenvalue weighted by Crippen LogP contribution is -2.57. The molecule has 182 valence electrons. The van der Waals surface area contributed by atoms with Gasteiger partial charge in [0.1, 0.15) is 11.9 Å². The Kier molecular flexibility index (Phi) is 7.39. The standard InChI is InChI=1S/C28H46O4/c1-19(30)32-25-11-10-23-26-20(9-7-5-4-6-8-16-29)17-21-18-22(31)12-14-27(21,2)24(26)13-15-28(23,25)3/h20-21,23-26,29H,4-18H2,1-3H3/t20-,21+,23+,24+,25+,26+,27+,28+/m1/s1. The molecule has 0 saturated heterocycles. The van der Waals surface area contributed by atoms with Crippen LogP contribution in [0.5, 0.6) is 0 Å². The highest BCUT2D eigenvalue weighted by Gasteiger charge is 2.63. The second kappa shape index (κ2) is 9.76. The van der Waals surface area contributed by atoms with Crippen molar-refractivity contribution in [1.29, 1.82) is 0 Å². The number of rotatable bonds is 8. The fraction of sp³-hybridized carbons (Fsp3) is 0.929. The first-order valence-corrected chi connectivity index (χ1v) is 13.6. The second-order valence-electron chi connectivity index (χ2n) is 12.2. The van der Waals surface area contributed by atoms with Crippen LogP contribution >= 0.6 is 0 Å². The van der Waals surface area contributed by atoms with Gasteiger partial charge in [-0.05, 0) is 80.0 Å². The van der Waals surface area contributed by atoms with E-state index in [4.69, 9.17) is 9.84 Å². The minimum absolute atomic E-state index is 0.0866. The third kappa shape index (κ3) is 4.42. The number of aliphatic hydroxyl groups is 1. The molecule has 4 nitrogen and oxygen atoms in total. The molecule has 4 fully saturated rings. The summed E-state index contributed by atoms with van der Waals surface area (Å²) >= 11 is 0. The molecule has 8 atom stereocenters. The summed E-state index contributed by atoms with van der Waals surface area (Å²) in [6.07, 6.45) is 15.7. The normalized spacial score (nSPS) is 43.3. The number of carbonyl (C=O) groups is 2. The van der Waals surface area contributed by atoms with Crippen molar-refractivity contribution in [2.75, 3.05) is 6.61 Å². The number of ether oxygens (including phenoxy) is 1. The molecule has 32 heavy (non-hydrogen) atoms. The monoisotopic (exact) mass is 446 g/mol. The molecule has 0 unspecified atom stereocenters. The predicted octanol–water partition coefficient (Wildman–Crippen LogP) is 6.09. The fourth-order valence-electron chi connectivity index (χ4n) is 8.91. The van der Waals surface area contributed by atoms with Crippen LogP contribution in [0.25, 0.3) is 0 Å². The van der Waals surface area contributed by atoms with E-state index in [2.05, 4.69) is 13.8 Å². The molecule has 0 radical (unpaired) electrons. The zero-order valence-corrected chi connectivity index (χ0v) is 20.7. The van der Waals surface area contributed by atoms with Crippen molar-refractivity contribution >= 4 is 11.8 Å². The van der Waals surface area contributed by atoms with Gasteiger partial charge in [0.2, 0.25) is 0 Å². The van der Waals surface area contributed by atoms with Crippen molar-refractivity contribution in [3.05, 3.63) is 0 Å². The molecular weight excluding hydrogens is 400 g/mol. The Balaban J connectivity index is 1.54. The van der Waals surface area contributed by atoms with Crippen LogP contribution in [-0.2, 0) is 14.3 Å². The Bertz CT molecular complexity index is 689. The van der Waals surface area contributed by atoms with E-state index in [1.165, 1.54) is 51.4 Å². The van der Waals surface area contributed by atoms with Gasteiger partial charge in [0, 0.05) is 31.8 Å². The topological polar surface area (TPSA) is 63.6 Å². The Morgan fingerprint density at radius 1 is 1.00 bits per heavy atom. The van der Waals surface area contributed by atoms with Gasteiger partial charge in [-0.2, -0.15) is 0 Å². The smallest absolute Gasteiger partial charge is 0.302 e. The summed E-state index contributed by atoms with van der Waals surface area (Å²) in [5.74, 6) is 3.75. The maximum Gasteiger partial charge on any atom is 0.302 e. The van der Waals surface area contributed by atoms with Gasteiger partial charge in [-0.3, -0.25) is 9.59 Å². The number of hydrogen-bond acceptors (Lipinski definition) is 4. The molecule has 0 amide bonds. The predicted molar refractivity (Wildman–Crippen MR) is 126 cm³/mol. The van der Waals surface area contributed by atoms with Gasteiger partial charge < -0.3 is 9.84 Å². The largest absolute Gasteiger partial charge is 0.462 e. The highest BCUT2D eigenvalue weighted by Crippen LogP contribution is 2.68. The molecule has 1 N–H and O–H groups in total. The molecule has 0 aromatic heterocycles. The van der Waals surface area contributed by atoms with Crippen molar-refractivity contribution in [1.82, 2.24) is 0 Å². The summed E-state index contributed by atoms with van der Waals surface area (Å²) in [5, 5.41) is 9.04. The number of ketones is 1. The van der Waals surface area contributed by atoms with Crippen LogP contribution in [-0.4, -0.2) is 29.6 Å². The Hall–Kier alpha value is -0.900. The quantitative estimate of drug-likeness (QED) is 0.362. The van der Waals surface area contributed by atoms with Gasteiger partial charge in [0.25, 0.3) is 0 Å². The summed E-state index contributed by atoms with van der Waals surface area (Å²) in [5.41, 5.74) is 0.441. The van der Waals surface area contributed by atoms with Gasteiger partial charge in [-0.15, -0.1) is 0 Å². The number of aliphatic hydroxyl groups excluding tert-OH is 1. The van der Waals surface area contributed by atoms with Crippen molar-refractivity contribution in [3.63, 3.8) is 0 Å². The van der Waals surface area contributed by atoms with Crippen molar-refractivity contribution in [2.24, 2.45) is 40.4 Å². The number of hydrogen-bond donors (Lipinski definition) is 1. The molecule has 0 heterocycles. The molecule has 0 bridgehead atoms. The number of fused-ring (bicyclic) bond motifs is 5. The molecule has 0 aromatic rings. The van der Waals surface area contributed by atoms with Crippen molar-refractivity contribution < 1.29 is 19.4 Å². The SMILES string of the molecule is CC(=O)O[C@H]1CC[C@H]2[C@@H]3[C@H](CCCCCCCO)C[C@H]4CC(=O)CC[C@]4(C)[C@H]3CC[C@]12C. The summed E-state index contributed by atoms with van der Waals surface area (Å²) < 4.78 is 5.88. The van der Waals surface area contributed by atoms with E-state index < -0.39 is 0 Å². The summed E-state index contributed by atoms with van der Waals surface area (Å²) in [7, 11) is 0. The highest BCUT2D eigenvalue weighted by atomic mass is 16.5. The summed E-state index contributed by atoms with van der Waals surface area (Å²) in [4.78, 5) is 24.2. The van der Waals surface area contributed by atoms with Crippen LogP contribution in [0.3, 0.4) is 0 Å². The lowest BCUT2D eigenvalue weighted by Gasteiger charge is -2.62. The van der Waals surface area contributed by atoms with Gasteiger partial charge in [0.05, 0.1) is 0 Å². The molecule has 0 spiro atoms. The maximum atomic E-state index is 12.4. The Morgan fingerprint density at radius 2 is 1.72 bits per heavy atom. The van der Waals surface area contributed by atoms with Gasteiger partial charge in [-0.25, -0.2) is 0 Å². The molecule has 4 aliphatic rings. The molecule has 4 saturated carbocycles. The minimum atomic E-state index is -0.125. The zero-order chi connectivity index (χ0) is 22.9. The molecule has 4 rings (SSSR count). The van der Waals surface area contributed by atoms with E-state index in [1.54, 1.807) is 6.92 Å². The van der Waals surface area contributed by atoms with Crippen LogP contribution in [0.1, 0.15) is 111 Å². The lowest BCUT2D eigenvalue weighted by atomic mass is 9.42. The summed E-state index contributed by atoms with van der Waals surface area (Å²) in [6, 6.07) is 0. The van der Waals surface area contributed by atoms with Crippen LogP contribution in [0.4, 0.5) is 0 Å². The van der Waals surface area contributed by atoms with Crippen molar-refractivity contribution in [3.8, 4) is 0 Å². The molecule has 4 aliphatic carbocycles. The summed E-state index contributed by atoms with van der Waals surface area (Å²) in [6.45, 7) is 6.81. The maximum absolute atomic E-state index is 12.4. The van der Waals surface area contributed by atoms with Crippen LogP contribution in [0.2, 0.25) is 0 Å². The zero-order valence-electron chi connectivity index (χ0n) is 20.7. The van der Waals surface area contributed by atoms with E-state index in [0.717, 1.165) is 50.4 Å². The average Bonchev–Trinajstić information content (AvgIpc) is 3.07. The Morgan fingerprint density at radius 3 is 2.47 bits per heavy atom.